The normalized spacial score (nSPS) is 24.2. The van der Waals surface area contributed by atoms with Crippen LogP contribution >= 0.6 is 23.2 Å². The molecule has 0 aromatic heterocycles. The number of rotatable bonds is 5. The topological polar surface area (TPSA) is 66.8 Å². The van der Waals surface area contributed by atoms with Crippen molar-refractivity contribution in [3.63, 3.8) is 0 Å². The summed E-state index contributed by atoms with van der Waals surface area (Å²) in [6.07, 6.45) is 1.91. The molecule has 2 heterocycles. The van der Waals surface area contributed by atoms with Crippen molar-refractivity contribution in [2.24, 2.45) is 0 Å². The molecule has 32 heavy (non-hydrogen) atoms. The Morgan fingerprint density at radius 2 is 1.62 bits per heavy atom. The minimum Gasteiger partial charge on any atom is -0.448 e. The first-order chi connectivity index (χ1) is 15.3. The molecule has 1 N–H and O–H groups in total. The predicted molar refractivity (Wildman–Crippen MR) is 126 cm³/mol. The first-order valence-corrected chi connectivity index (χ1v) is 11.8. The molecule has 4 atom stereocenters. The molecule has 0 bridgehead atoms. The summed E-state index contributed by atoms with van der Waals surface area (Å²) in [6, 6.07) is 16.4. The number of ether oxygens (including phenoxy) is 1. The van der Waals surface area contributed by atoms with Gasteiger partial charge in [-0.05, 0) is 55.5 Å². The second-order valence-corrected chi connectivity index (χ2v) is 9.08. The molecule has 2 aliphatic rings. The summed E-state index contributed by atoms with van der Waals surface area (Å²) in [5.41, 5.74) is -0.0408. The van der Waals surface area contributed by atoms with Gasteiger partial charge in [0.1, 0.15) is 0 Å². The number of halogens is 2. The van der Waals surface area contributed by atoms with Gasteiger partial charge >= 0.3 is 5.97 Å². The quantitative estimate of drug-likeness (QED) is 0.570. The fourth-order valence-electron chi connectivity index (χ4n) is 4.43. The van der Waals surface area contributed by atoms with Crippen molar-refractivity contribution in [1.29, 1.82) is 0 Å². The van der Waals surface area contributed by atoms with Crippen LogP contribution in [-0.2, 0) is 14.3 Å². The van der Waals surface area contributed by atoms with Crippen molar-refractivity contribution in [3.05, 3.63) is 70.2 Å². The molecular formula is C25H29Cl2NO4. The largest absolute Gasteiger partial charge is 0.448 e. The third-order valence-corrected chi connectivity index (χ3v) is 6.65. The van der Waals surface area contributed by atoms with Crippen molar-refractivity contribution in [3.8, 4) is 0 Å². The lowest BCUT2D eigenvalue weighted by Gasteiger charge is -2.52. The average Bonchev–Trinajstić information content (AvgIpc) is 2.77. The predicted octanol–water partition coefficient (Wildman–Crippen LogP) is 5.58. The minimum absolute atomic E-state index is 0.133. The summed E-state index contributed by atoms with van der Waals surface area (Å²) >= 11 is 11.5. The molecule has 0 saturated carbocycles. The standard InChI is InChI=1S/C19H24ClNO4.C6H5Cl/c1-3-14(16(22)4-2)21-15(12-5-7-13(20)8-6-12)9-10-19(18(21)24)11-17(23)25-19;7-6-4-2-1-3-5-6/h5-8,14-16,22H,3-4,9-11H2,1-2H3;1-5H/t14-,15-,16+,19-;/m0./s1. The number of carbonyl (C=O) groups is 2. The number of hydrogen-bond donors (Lipinski definition) is 1. The maximum absolute atomic E-state index is 13.3. The summed E-state index contributed by atoms with van der Waals surface area (Å²) in [5, 5.41) is 11.9. The van der Waals surface area contributed by atoms with Crippen LogP contribution in [0.1, 0.15) is 57.6 Å². The third kappa shape index (κ3) is 5.28. The molecule has 172 valence electrons. The maximum atomic E-state index is 13.3. The van der Waals surface area contributed by atoms with E-state index in [-0.39, 0.29) is 30.4 Å². The van der Waals surface area contributed by atoms with Crippen LogP contribution in [0.5, 0.6) is 0 Å². The van der Waals surface area contributed by atoms with E-state index in [0.717, 1.165) is 10.6 Å². The van der Waals surface area contributed by atoms with Crippen LogP contribution < -0.4 is 0 Å². The molecule has 7 heteroatoms. The summed E-state index contributed by atoms with van der Waals surface area (Å²) in [4.78, 5) is 26.4. The van der Waals surface area contributed by atoms with Crippen LogP contribution in [0.15, 0.2) is 54.6 Å². The number of nitrogens with zero attached hydrogens (tertiary/aromatic N) is 1. The van der Waals surface area contributed by atoms with E-state index in [1.807, 2.05) is 68.4 Å². The highest BCUT2D eigenvalue weighted by Gasteiger charge is 2.59. The molecule has 0 unspecified atom stereocenters. The smallest absolute Gasteiger partial charge is 0.311 e. The second-order valence-electron chi connectivity index (χ2n) is 8.21. The van der Waals surface area contributed by atoms with Crippen LogP contribution in [0.2, 0.25) is 10.0 Å². The van der Waals surface area contributed by atoms with Gasteiger partial charge in [-0.2, -0.15) is 0 Å². The van der Waals surface area contributed by atoms with Gasteiger partial charge in [0.25, 0.3) is 5.91 Å². The van der Waals surface area contributed by atoms with Crippen molar-refractivity contribution < 1.29 is 19.4 Å². The first kappa shape index (κ1) is 24.6. The van der Waals surface area contributed by atoms with Crippen molar-refractivity contribution >= 4 is 35.1 Å². The molecule has 5 nitrogen and oxygen atoms in total. The first-order valence-electron chi connectivity index (χ1n) is 11.0. The Balaban J connectivity index is 0.000000352. The van der Waals surface area contributed by atoms with Gasteiger partial charge in [0.05, 0.1) is 24.6 Å². The number of hydrogen-bond acceptors (Lipinski definition) is 4. The van der Waals surface area contributed by atoms with E-state index in [1.165, 1.54) is 0 Å². The van der Waals surface area contributed by atoms with Crippen LogP contribution in [0, 0.1) is 0 Å². The molecule has 2 saturated heterocycles. The zero-order valence-electron chi connectivity index (χ0n) is 18.3. The Morgan fingerprint density at radius 1 is 1.03 bits per heavy atom. The Kier molecular flexibility index (Phi) is 8.21. The molecule has 1 spiro atoms. The van der Waals surface area contributed by atoms with E-state index in [1.54, 1.807) is 4.90 Å². The van der Waals surface area contributed by atoms with E-state index in [9.17, 15) is 14.7 Å². The Hall–Kier alpha value is -2.08. The highest BCUT2D eigenvalue weighted by atomic mass is 35.5. The zero-order valence-corrected chi connectivity index (χ0v) is 19.9. The zero-order chi connectivity index (χ0) is 23.3. The molecule has 2 aliphatic heterocycles. The van der Waals surface area contributed by atoms with Gasteiger partial charge in [-0.1, -0.05) is 67.4 Å². The number of amides is 1. The van der Waals surface area contributed by atoms with Crippen molar-refractivity contribution in [2.75, 3.05) is 0 Å². The monoisotopic (exact) mass is 477 g/mol. The van der Waals surface area contributed by atoms with Crippen molar-refractivity contribution in [2.45, 2.75) is 69.7 Å². The summed E-state index contributed by atoms with van der Waals surface area (Å²) in [5.74, 6) is -0.514. The van der Waals surface area contributed by atoms with Gasteiger partial charge in [-0.15, -0.1) is 0 Å². The lowest BCUT2D eigenvalue weighted by Crippen LogP contribution is -2.65. The third-order valence-electron chi connectivity index (χ3n) is 6.15. The summed E-state index contributed by atoms with van der Waals surface area (Å²) in [7, 11) is 0. The van der Waals surface area contributed by atoms with Crippen LogP contribution in [0.25, 0.3) is 0 Å². The maximum Gasteiger partial charge on any atom is 0.311 e. The summed E-state index contributed by atoms with van der Waals surface area (Å²) in [6.45, 7) is 3.86. The van der Waals surface area contributed by atoms with Crippen molar-refractivity contribution in [1.82, 2.24) is 4.90 Å². The molecule has 2 aromatic carbocycles. The van der Waals surface area contributed by atoms with Gasteiger partial charge < -0.3 is 14.7 Å². The number of aliphatic hydroxyl groups excluding tert-OH is 1. The summed E-state index contributed by atoms with van der Waals surface area (Å²) < 4.78 is 5.29. The molecule has 0 radical (unpaired) electrons. The number of aliphatic hydroxyl groups is 1. The number of esters is 1. The lowest BCUT2D eigenvalue weighted by molar-refractivity contribution is -0.212. The average molecular weight is 478 g/mol. The number of piperidine rings is 1. The molecule has 2 fully saturated rings. The van der Waals surface area contributed by atoms with E-state index in [2.05, 4.69) is 0 Å². The fraction of sp³-hybridized carbons (Fsp3) is 0.440. The molecule has 0 aliphatic carbocycles. The van der Waals surface area contributed by atoms with Gasteiger partial charge in [0.2, 0.25) is 5.60 Å². The molecule has 2 aromatic rings. The second kappa shape index (κ2) is 10.7. The fourth-order valence-corrected chi connectivity index (χ4v) is 4.70. The minimum atomic E-state index is -1.03. The highest BCUT2D eigenvalue weighted by Crippen LogP contribution is 2.46. The van der Waals surface area contributed by atoms with Gasteiger partial charge in [0, 0.05) is 10.0 Å². The molecule has 4 rings (SSSR count). The molecular weight excluding hydrogens is 449 g/mol. The van der Waals surface area contributed by atoms with Crippen LogP contribution in [0.4, 0.5) is 0 Å². The van der Waals surface area contributed by atoms with E-state index < -0.39 is 11.7 Å². The molecule has 1 amide bonds. The Morgan fingerprint density at radius 3 is 2.09 bits per heavy atom. The Labute approximate surface area is 199 Å². The Bertz CT molecular complexity index is 911. The van der Waals surface area contributed by atoms with Crippen LogP contribution in [-0.4, -0.2) is 39.6 Å². The lowest BCUT2D eigenvalue weighted by atomic mass is 9.78. The van der Waals surface area contributed by atoms with Gasteiger partial charge in [-0.25, -0.2) is 0 Å². The number of benzene rings is 2. The van der Waals surface area contributed by atoms with Gasteiger partial charge in [-0.3, -0.25) is 9.59 Å². The van der Waals surface area contributed by atoms with E-state index in [4.69, 9.17) is 27.9 Å². The van der Waals surface area contributed by atoms with E-state index >= 15 is 0 Å². The van der Waals surface area contributed by atoms with E-state index in [0.29, 0.717) is 30.7 Å². The number of likely N-dealkylation sites (tertiary alicyclic amines) is 1. The van der Waals surface area contributed by atoms with Crippen LogP contribution in [0.3, 0.4) is 0 Å². The SMILES string of the molecule is CC[C@@H](O)[C@H](CC)N1C(=O)[C@]2(CC[C@H]1c1ccc(Cl)cc1)CC(=O)O2.Clc1ccccc1. The number of carbonyl (C=O) groups excluding carboxylic acids is 2. The highest BCUT2D eigenvalue weighted by molar-refractivity contribution is 6.30. The van der Waals surface area contributed by atoms with Gasteiger partial charge in [0.15, 0.2) is 0 Å².